The van der Waals surface area contributed by atoms with Gasteiger partial charge in [-0.3, -0.25) is 4.72 Å². The highest BCUT2D eigenvalue weighted by Crippen LogP contribution is 2.25. The molecule has 8 heteroatoms. The number of sulfonamides is 1. The summed E-state index contributed by atoms with van der Waals surface area (Å²) < 4.78 is 27.4. The lowest BCUT2D eigenvalue weighted by atomic mass is 10.2. The van der Waals surface area contributed by atoms with E-state index in [-0.39, 0.29) is 10.6 Å². The molecule has 0 radical (unpaired) electrons. The van der Waals surface area contributed by atoms with E-state index in [4.69, 9.17) is 5.11 Å². The molecule has 6 nitrogen and oxygen atoms in total. The molecule has 0 aliphatic heterocycles. The van der Waals surface area contributed by atoms with Gasteiger partial charge < -0.3 is 5.11 Å². The Balaban J connectivity index is 2.34. The third-order valence-corrected chi connectivity index (χ3v) is 4.60. The minimum atomic E-state index is -3.88. The number of aryl methyl sites for hydroxylation is 1. The van der Waals surface area contributed by atoms with Crippen molar-refractivity contribution in [1.29, 1.82) is 0 Å². The first-order chi connectivity index (χ1) is 9.79. The third kappa shape index (κ3) is 3.59. The number of aromatic nitrogens is 1. The van der Waals surface area contributed by atoms with Gasteiger partial charge in [-0.15, -0.1) is 0 Å². The number of rotatable bonds is 4. The van der Waals surface area contributed by atoms with E-state index in [9.17, 15) is 13.2 Å². The number of hydrogen-bond acceptors (Lipinski definition) is 4. The molecule has 0 atom stereocenters. The van der Waals surface area contributed by atoms with Crippen LogP contribution in [0.5, 0.6) is 0 Å². The molecule has 0 aliphatic rings. The van der Waals surface area contributed by atoms with Crippen molar-refractivity contribution in [2.75, 3.05) is 4.72 Å². The molecular formula is C13H11BrN2O4S. The van der Waals surface area contributed by atoms with Gasteiger partial charge >= 0.3 is 5.97 Å². The fraction of sp³-hybridized carbons (Fsp3) is 0.0769. The van der Waals surface area contributed by atoms with Crippen LogP contribution in [0, 0.1) is 6.92 Å². The number of carboxylic acid groups (broad SMARTS) is 1. The van der Waals surface area contributed by atoms with Gasteiger partial charge in [-0.25, -0.2) is 9.78 Å². The number of anilines is 1. The monoisotopic (exact) mass is 370 g/mol. The van der Waals surface area contributed by atoms with Crippen molar-refractivity contribution in [3.05, 3.63) is 52.1 Å². The minimum absolute atomic E-state index is 0.0781. The fourth-order valence-electron chi connectivity index (χ4n) is 1.58. The summed E-state index contributed by atoms with van der Waals surface area (Å²) in [5.41, 5.74) is 1.20. The minimum Gasteiger partial charge on any atom is -0.478 e. The maximum absolute atomic E-state index is 12.2. The van der Waals surface area contributed by atoms with Crippen LogP contribution in [0.1, 0.15) is 15.9 Å². The molecule has 0 saturated carbocycles. The van der Waals surface area contributed by atoms with Gasteiger partial charge in [-0.05, 0) is 52.7 Å². The molecular weight excluding hydrogens is 360 g/mol. The Hall–Kier alpha value is -1.93. The predicted octanol–water partition coefficient (Wildman–Crippen LogP) is 2.65. The van der Waals surface area contributed by atoms with Gasteiger partial charge in [0.15, 0.2) is 5.03 Å². The van der Waals surface area contributed by atoms with Crippen molar-refractivity contribution >= 4 is 37.6 Å². The van der Waals surface area contributed by atoms with Crippen molar-refractivity contribution in [1.82, 2.24) is 4.98 Å². The van der Waals surface area contributed by atoms with Crippen LogP contribution >= 0.6 is 15.9 Å². The summed E-state index contributed by atoms with van der Waals surface area (Å²) >= 11 is 3.26. The van der Waals surface area contributed by atoms with Crippen molar-refractivity contribution < 1.29 is 18.3 Å². The van der Waals surface area contributed by atoms with Crippen molar-refractivity contribution in [3.8, 4) is 0 Å². The second-order valence-electron chi connectivity index (χ2n) is 4.28. The quantitative estimate of drug-likeness (QED) is 0.862. The number of carboxylic acids is 1. The van der Waals surface area contributed by atoms with Gasteiger partial charge in [0.05, 0.1) is 11.3 Å². The van der Waals surface area contributed by atoms with Gasteiger partial charge in [0.2, 0.25) is 0 Å². The zero-order valence-electron chi connectivity index (χ0n) is 10.9. The van der Waals surface area contributed by atoms with E-state index in [1.165, 1.54) is 6.07 Å². The molecule has 2 aromatic rings. The number of aromatic carboxylic acids is 1. The second-order valence-corrected chi connectivity index (χ2v) is 6.76. The molecule has 0 spiro atoms. The van der Waals surface area contributed by atoms with E-state index in [2.05, 4.69) is 25.6 Å². The Morgan fingerprint density at radius 2 is 2.00 bits per heavy atom. The van der Waals surface area contributed by atoms with E-state index >= 15 is 0 Å². The lowest BCUT2D eigenvalue weighted by Crippen LogP contribution is -2.15. The topological polar surface area (TPSA) is 96.4 Å². The van der Waals surface area contributed by atoms with Crippen molar-refractivity contribution in [3.63, 3.8) is 0 Å². The van der Waals surface area contributed by atoms with Gasteiger partial charge in [-0.2, -0.15) is 8.42 Å². The second kappa shape index (κ2) is 5.82. The first-order valence-corrected chi connectivity index (χ1v) is 8.05. The van der Waals surface area contributed by atoms with Crippen LogP contribution in [0.4, 0.5) is 5.69 Å². The normalized spacial score (nSPS) is 11.1. The molecule has 2 N–H and O–H groups in total. The summed E-state index contributed by atoms with van der Waals surface area (Å²) in [7, 11) is -3.88. The number of benzene rings is 1. The number of carbonyl (C=O) groups is 1. The molecule has 0 amide bonds. The molecule has 0 fully saturated rings. The van der Waals surface area contributed by atoms with Gasteiger partial charge in [0.1, 0.15) is 0 Å². The third-order valence-electron chi connectivity index (χ3n) is 2.62. The summed E-state index contributed by atoms with van der Waals surface area (Å²) in [6.45, 7) is 1.84. The summed E-state index contributed by atoms with van der Waals surface area (Å²) in [5.74, 6) is -1.17. The van der Waals surface area contributed by atoms with E-state index in [0.717, 1.165) is 17.8 Å². The zero-order chi connectivity index (χ0) is 15.6. The number of halogens is 1. The standard InChI is InChI=1S/C13H11BrN2O4S/c1-8-2-4-10(14)11(6-8)16-21(19,20)12-5-3-9(7-15-12)13(17)18/h2-7,16H,1H3,(H,17,18). The number of nitrogens with zero attached hydrogens (tertiary/aromatic N) is 1. The lowest BCUT2D eigenvalue weighted by molar-refractivity contribution is 0.0696. The Kier molecular flexibility index (Phi) is 4.29. The van der Waals surface area contributed by atoms with Gasteiger partial charge in [0, 0.05) is 10.7 Å². The predicted molar refractivity (Wildman–Crippen MR) is 80.9 cm³/mol. The molecule has 0 bridgehead atoms. The van der Waals surface area contributed by atoms with Crippen LogP contribution < -0.4 is 4.72 Å². The summed E-state index contributed by atoms with van der Waals surface area (Å²) in [6, 6.07) is 7.58. The lowest BCUT2D eigenvalue weighted by Gasteiger charge is -2.10. The SMILES string of the molecule is Cc1ccc(Br)c(NS(=O)(=O)c2ccc(C(=O)O)cn2)c1. The van der Waals surface area contributed by atoms with Crippen molar-refractivity contribution in [2.24, 2.45) is 0 Å². The maximum atomic E-state index is 12.2. The smallest absolute Gasteiger partial charge is 0.337 e. The van der Waals surface area contributed by atoms with Crippen LogP contribution in [0.15, 0.2) is 46.0 Å². The van der Waals surface area contributed by atoms with E-state index in [1.807, 2.05) is 13.0 Å². The molecule has 2 rings (SSSR count). The van der Waals surface area contributed by atoms with Crippen molar-refractivity contribution in [2.45, 2.75) is 11.9 Å². The average Bonchev–Trinajstić information content (AvgIpc) is 2.43. The van der Waals surface area contributed by atoms with Crippen LogP contribution in [0.25, 0.3) is 0 Å². The van der Waals surface area contributed by atoms with Crippen LogP contribution in [-0.4, -0.2) is 24.5 Å². The number of hydrogen-bond donors (Lipinski definition) is 2. The Bertz CT molecular complexity index is 788. The first-order valence-electron chi connectivity index (χ1n) is 5.78. The summed E-state index contributed by atoms with van der Waals surface area (Å²) in [5, 5.41) is 8.52. The highest BCUT2D eigenvalue weighted by molar-refractivity contribution is 9.10. The average molecular weight is 371 g/mol. The molecule has 1 aromatic carbocycles. The zero-order valence-corrected chi connectivity index (χ0v) is 13.3. The number of pyridine rings is 1. The molecule has 1 heterocycles. The fourth-order valence-corrected chi connectivity index (χ4v) is 3.06. The summed E-state index contributed by atoms with van der Waals surface area (Å²) in [4.78, 5) is 14.4. The molecule has 21 heavy (non-hydrogen) atoms. The van der Waals surface area contributed by atoms with Crippen LogP contribution in [0.3, 0.4) is 0 Å². The molecule has 0 unspecified atom stereocenters. The Morgan fingerprint density at radius 3 is 2.57 bits per heavy atom. The van der Waals surface area contributed by atoms with Gasteiger partial charge in [0.25, 0.3) is 10.0 Å². The van der Waals surface area contributed by atoms with Gasteiger partial charge in [-0.1, -0.05) is 6.07 Å². The first kappa shape index (κ1) is 15.5. The van der Waals surface area contributed by atoms with Crippen LogP contribution in [0.2, 0.25) is 0 Å². The highest BCUT2D eigenvalue weighted by atomic mass is 79.9. The summed E-state index contributed by atoms with van der Waals surface area (Å²) in [6.07, 6.45) is 1.00. The number of nitrogens with one attached hydrogen (secondary N) is 1. The van der Waals surface area contributed by atoms with Crippen LogP contribution in [-0.2, 0) is 10.0 Å². The molecule has 110 valence electrons. The Morgan fingerprint density at radius 1 is 1.29 bits per heavy atom. The van der Waals surface area contributed by atoms with E-state index in [0.29, 0.717) is 10.2 Å². The Labute approximate surface area is 130 Å². The molecule has 1 aromatic heterocycles. The van der Waals surface area contributed by atoms with E-state index in [1.54, 1.807) is 12.1 Å². The van der Waals surface area contributed by atoms with E-state index < -0.39 is 16.0 Å². The highest BCUT2D eigenvalue weighted by Gasteiger charge is 2.18. The maximum Gasteiger partial charge on any atom is 0.337 e. The molecule has 0 aliphatic carbocycles. The largest absolute Gasteiger partial charge is 0.478 e. The molecule has 0 saturated heterocycles.